The normalized spacial score (nSPS) is 16.5. The number of carbonyl (C=O) groups excluding carboxylic acids is 1. The van der Waals surface area contributed by atoms with Gasteiger partial charge in [0.2, 0.25) is 11.7 Å². The number of hydrogen-bond acceptors (Lipinski definition) is 6. The number of methoxy groups -OCH3 is 3. The number of aryl methyl sites for hydroxylation is 1. The van der Waals surface area contributed by atoms with Gasteiger partial charge in [-0.3, -0.25) is 4.79 Å². The van der Waals surface area contributed by atoms with E-state index >= 15 is 0 Å². The average Bonchev–Trinajstić information content (AvgIpc) is 3.06. The summed E-state index contributed by atoms with van der Waals surface area (Å²) in [7, 11) is 4.77. The number of fused-ring (bicyclic) bond motifs is 4. The Kier molecular flexibility index (Phi) is 5.30. The van der Waals surface area contributed by atoms with Gasteiger partial charge in [-0.1, -0.05) is 6.58 Å². The first-order valence-electron chi connectivity index (χ1n) is 9.73. The Hall–Kier alpha value is -3.19. The number of aliphatic hydroxyl groups excluding tert-OH is 1. The predicted molar refractivity (Wildman–Crippen MR) is 112 cm³/mol. The number of benzene rings is 2. The lowest BCUT2D eigenvalue weighted by Crippen LogP contribution is -2.31. The number of amides is 1. The molecule has 0 bridgehead atoms. The van der Waals surface area contributed by atoms with Gasteiger partial charge in [-0.25, -0.2) is 0 Å². The summed E-state index contributed by atoms with van der Waals surface area (Å²) in [6.45, 7) is 3.97. The van der Waals surface area contributed by atoms with Crippen LogP contribution in [0.2, 0.25) is 0 Å². The summed E-state index contributed by atoms with van der Waals surface area (Å²) >= 11 is 0. The second-order valence-corrected chi connectivity index (χ2v) is 7.32. The van der Waals surface area contributed by atoms with E-state index in [9.17, 15) is 9.90 Å². The van der Waals surface area contributed by atoms with Gasteiger partial charge in [0, 0.05) is 11.1 Å². The van der Waals surface area contributed by atoms with Gasteiger partial charge >= 0.3 is 0 Å². The van der Waals surface area contributed by atoms with Crippen molar-refractivity contribution in [3.05, 3.63) is 41.5 Å². The Morgan fingerprint density at radius 2 is 1.93 bits per heavy atom. The number of nitrogens with one attached hydrogen (secondary N) is 1. The van der Waals surface area contributed by atoms with Crippen LogP contribution >= 0.6 is 0 Å². The maximum absolute atomic E-state index is 12.0. The summed E-state index contributed by atoms with van der Waals surface area (Å²) in [5.41, 5.74) is 5.56. The standard InChI is InChI=1S/C23H25NO6/c1-12-11-30-18-9-15-16(8-14(12)18)21-13(5-6-17(15)24-20(26)10-25)7-19(27-2)22(28-3)23(21)29-4/h7-9,17,25H,1,5-6,10-11H2,2-4H3,(H,24,26)/t17-/m0/s1. The number of hydrogen-bond donors (Lipinski definition) is 2. The van der Waals surface area contributed by atoms with E-state index in [2.05, 4.69) is 11.9 Å². The minimum Gasteiger partial charge on any atom is -0.493 e. The molecule has 1 heterocycles. The van der Waals surface area contributed by atoms with Crippen LogP contribution < -0.4 is 24.3 Å². The highest BCUT2D eigenvalue weighted by Gasteiger charge is 2.32. The molecule has 0 unspecified atom stereocenters. The van der Waals surface area contributed by atoms with Crippen LogP contribution in [0.3, 0.4) is 0 Å². The van der Waals surface area contributed by atoms with Crippen molar-refractivity contribution in [2.45, 2.75) is 18.9 Å². The van der Waals surface area contributed by atoms with Gasteiger partial charge in [-0.15, -0.1) is 0 Å². The monoisotopic (exact) mass is 411 g/mol. The molecule has 1 aliphatic heterocycles. The van der Waals surface area contributed by atoms with Gasteiger partial charge in [-0.2, -0.15) is 0 Å². The third-order valence-corrected chi connectivity index (χ3v) is 5.67. The van der Waals surface area contributed by atoms with Crippen molar-refractivity contribution < 1.29 is 28.8 Å². The molecule has 0 saturated heterocycles. The molecule has 4 rings (SSSR count). The first kappa shape index (κ1) is 20.1. The zero-order valence-corrected chi connectivity index (χ0v) is 17.3. The third-order valence-electron chi connectivity index (χ3n) is 5.67. The molecule has 7 heteroatoms. The van der Waals surface area contributed by atoms with Crippen molar-refractivity contribution in [2.24, 2.45) is 0 Å². The van der Waals surface area contributed by atoms with E-state index in [1.165, 1.54) is 0 Å². The lowest BCUT2D eigenvalue weighted by Gasteiger charge is -2.22. The van der Waals surface area contributed by atoms with Crippen LogP contribution in [0.5, 0.6) is 23.0 Å². The quantitative estimate of drug-likeness (QED) is 0.787. The van der Waals surface area contributed by atoms with Crippen LogP contribution in [0.25, 0.3) is 16.7 Å². The lowest BCUT2D eigenvalue weighted by molar-refractivity contribution is -0.124. The largest absolute Gasteiger partial charge is 0.493 e. The van der Waals surface area contributed by atoms with Crippen LogP contribution in [0.4, 0.5) is 0 Å². The summed E-state index contributed by atoms with van der Waals surface area (Å²) in [5, 5.41) is 12.2. The number of carbonyl (C=O) groups is 1. The minimum atomic E-state index is -0.567. The van der Waals surface area contributed by atoms with Crippen molar-refractivity contribution >= 4 is 11.5 Å². The number of rotatable bonds is 5. The van der Waals surface area contributed by atoms with Gasteiger partial charge in [0.05, 0.1) is 27.4 Å². The summed E-state index contributed by atoms with van der Waals surface area (Å²) in [5.74, 6) is 1.99. The van der Waals surface area contributed by atoms with Gasteiger partial charge in [-0.05, 0) is 53.3 Å². The van der Waals surface area contributed by atoms with Gasteiger partial charge in [0.1, 0.15) is 19.0 Å². The maximum atomic E-state index is 12.0. The number of aliphatic hydroxyl groups is 1. The minimum absolute atomic E-state index is 0.295. The molecule has 2 aromatic rings. The molecular formula is C23H25NO6. The second kappa shape index (κ2) is 7.91. The molecule has 2 aliphatic rings. The van der Waals surface area contributed by atoms with Crippen molar-refractivity contribution in [1.29, 1.82) is 0 Å². The highest BCUT2D eigenvalue weighted by atomic mass is 16.5. The number of ether oxygens (including phenoxy) is 4. The Balaban J connectivity index is 2.01. The highest BCUT2D eigenvalue weighted by molar-refractivity contribution is 5.88. The molecule has 0 fully saturated rings. The van der Waals surface area contributed by atoms with Crippen molar-refractivity contribution in [3.63, 3.8) is 0 Å². The third kappa shape index (κ3) is 3.15. The molecule has 1 atom stereocenters. The summed E-state index contributed by atoms with van der Waals surface area (Å²) in [6.07, 6.45) is 1.31. The topological polar surface area (TPSA) is 86.3 Å². The van der Waals surface area contributed by atoms with Gasteiger partial charge in [0.25, 0.3) is 0 Å². The molecule has 2 aromatic carbocycles. The molecule has 0 saturated carbocycles. The predicted octanol–water partition coefficient (Wildman–Crippen LogP) is 2.88. The van der Waals surface area contributed by atoms with Crippen LogP contribution in [-0.2, 0) is 11.2 Å². The van der Waals surface area contributed by atoms with E-state index in [0.717, 1.165) is 39.1 Å². The molecule has 0 spiro atoms. The van der Waals surface area contributed by atoms with Crippen LogP contribution in [0.15, 0.2) is 24.8 Å². The smallest absolute Gasteiger partial charge is 0.246 e. The molecule has 0 aromatic heterocycles. The average molecular weight is 411 g/mol. The summed E-state index contributed by atoms with van der Waals surface area (Å²) < 4.78 is 22.7. The van der Waals surface area contributed by atoms with E-state index in [4.69, 9.17) is 18.9 Å². The SMILES string of the molecule is C=C1COc2cc3c(cc21)-c1c(cc(OC)c(OC)c1OC)CC[C@@H]3NC(=O)CO. The molecule has 1 amide bonds. The molecular weight excluding hydrogens is 386 g/mol. The van der Waals surface area contributed by atoms with E-state index < -0.39 is 12.5 Å². The first-order chi connectivity index (χ1) is 14.5. The van der Waals surface area contributed by atoms with E-state index in [1.54, 1.807) is 21.3 Å². The Morgan fingerprint density at radius 1 is 1.17 bits per heavy atom. The molecule has 7 nitrogen and oxygen atoms in total. The molecule has 158 valence electrons. The van der Waals surface area contributed by atoms with E-state index in [0.29, 0.717) is 36.7 Å². The van der Waals surface area contributed by atoms with Crippen molar-refractivity contribution in [2.75, 3.05) is 34.5 Å². The molecule has 1 aliphatic carbocycles. The van der Waals surface area contributed by atoms with Gasteiger partial charge < -0.3 is 29.4 Å². The first-order valence-corrected chi connectivity index (χ1v) is 9.73. The fourth-order valence-corrected chi connectivity index (χ4v) is 4.28. The Labute approximate surface area is 175 Å². The van der Waals surface area contributed by atoms with Crippen molar-refractivity contribution in [3.8, 4) is 34.1 Å². The fourth-order valence-electron chi connectivity index (χ4n) is 4.28. The summed E-state index contributed by atoms with van der Waals surface area (Å²) in [4.78, 5) is 12.0. The van der Waals surface area contributed by atoms with Crippen LogP contribution in [-0.4, -0.2) is 45.6 Å². The van der Waals surface area contributed by atoms with Gasteiger partial charge in [0.15, 0.2) is 11.5 Å². The molecule has 2 N–H and O–H groups in total. The maximum Gasteiger partial charge on any atom is 0.246 e. The van der Waals surface area contributed by atoms with E-state index in [-0.39, 0.29) is 6.04 Å². The fraction of sp³-hybridized carbons (Fsp3) is 0.348. The highest BCUT2D eigenvalue weighted by Crippen LogP contribution is 2.52. The zero-order chi connectivity index (χ0) is 21.4. The zero-order valence-electron chi connectivity index (χ0n) is 17.3. The molecule has 0 radical (unpaired) electrons. The Bertz CT molecular complexity index is 1030. The Morgan fingerprint density at radius 3 is 2.60 bits per heavy atom. The second-order valence-electron chi connectivity index (χ2n) is 7.32. The lowest BCUT2D eigenvalue weighted by atomic mass is 9.90. The molecule has 30 heavy (non-hydrogen) atoms. The van der Waals surface area contributed by atoms with Crippen LogP contribution in [0.1, 0.15) is 29.2 Å². The van der Waals surface area contributed by atoms with E-state index in [1.807, 2.05) is 18.2 Å². The van der Waals surface area contributed by atoms with Crippen LogP contribution in [0, 0.1) is 0 Å². The summed E-state index contributed by atoms with van der Waals surface area (Å²) in [6, 6.07) is 5.65. The van der Waals surface area contributed by atoms with Crippen molar-refractivity contribution in [1.82, 2.24) is 5.32 Å².